The maximum Gasteiger partial charge on any atom is 0.425 e. The predicted molar refractivity (Wildman–Crippen MR) is 470 cm³/mol. The molecule has 3 amide bonds. The highest BCUT2D eigenvalue weighted by molar-refractivity contribution is 7.92. The third-order valence-electron chi connectivity index (χ3n) is 17.2. The number of thiophene rings is 4. The van der Waals surface area contributed by atoms with Gasteiger partial charge in [0.1, 0.15) is 60.1 Å². The van der Waals surface area contributed by atoms with Crippen LogP contribution in [-0.2, 0) is 106 Å². The van der Waals surface area contributed by atoms with E-state index in [2.05, 4.69) is 4.72 Å². The molecular formula is C81H73Cl3F16N8O14S8. The second-order valence-corrected chi connectivity index (χ2v) is 42.6. The normalized spacial score (nSPS) is 12.6. The Morgan fingerprint density at radius 2 is 0.638 bits per heavy atom. The molecule has 0 spiro atoms. The molecule has 3 N–H and O–H groups in total. The van der Waals surface area contributed by atoms with Gasteiger partial charge in [-0.15, -0.1) is 45.3 Å². The minimum Gasteiger partial charge on any atom is -0.443 e. The molecule has 12 aromatic rings. The van der Waals surface area contributed by atoms with Crippen LogP contribution < -0.4 is 31.4 Å². The smallest absolute Gasteiger partial charge is 0.425 e. The summed E-state index contributed by atoms with van der Waals surface area (Å²) in [5.41, 5.74) is -9.62. The maximum atomic E-state index is 13.8. The van der Waals surface area contributed by atoms with Crippen molar-refractivity contribution >= 4 is 200 Å². The second kappa shape index (κ2) is 39.9. The SMILES string of the molecule is CC(C)(C)OC(=O)NS(=O)(=O)N(Cc1ccc(F)c(C(F)(F)F)c1)c1cc2ccccc2s1.CC(C)(C)OC(=O)NS(=O)(=O)N(Cc1ccc(F)c(C(F)(F)F)c1)c1sc2ccccc2c1Cl.CN(C(=O)OC(C)(C)C)S(=O)(=O)N(Cc1ccc(F)c(C(F)(F)F)c1)c1sc2ccccc2c1Cl.CNS(=O)(=O)N(Cc1ccc(F)c(C(F)(F)F)c1)c1sc2ccccc2c1Cl. The summed E-state index contributed by atoms with van der Waals surface area (Å²) in [5.74, 6) is -5.91. The van der Waals surface area contributed by atoms with E-state index in [9.17, 15) is 118 Å². The average molecular weight is 2050 g/mol. The van der Waals surface area contributed by atoms with Crippen LogP contribution in [0.15, 0.2) is 176 Å². The van der Waals surface area contributed by atoms with Crippen LogP contribution in [0.5, 0.6) is 0 Å². The molecule has 130 heavy (non-hydrogen) atoms. The highest BCUT2D eigenvalue weighted by Crippen LogP contribution is 2.49. The first-order valence-corrected chi connectivity index (χ1v) is 47.1. The number of rotatable bonds is 20. The van der Waals surface area contributed by atoms with E-state index in [1.54, 1.807) is 148 Å². The van der Waals surface area contributed by atoms with Crippen LogP contribution in [0.2, 0.25) is 15.1 Å². The molecule has 12 rings (SSSR count). The lowest BCUT2D eigenvalue weighted by Crippen LogP contribution is -2.46. The van der Waals surface area contributed by atoms with Crippen LogP contribution in [0.1, 0.15) is 107 Å². The van der Waals surface area contributed by atoms with Crippen molar-refractivity contribution < 1.29 is 133 Å². The molecule has 49 heteroatoms. The predicted octanol–water partition coefficient (Wildman–Crippen LogP) is 24.3. The van der Waals surface area contributed by atoms with Crippen LogP contribution in [0.25, 0.3) is 40.3 Å². The van der Waals surface area contributed by atoms with Crippen LogP contribution in [0.4, 0.5) is 105 Å². The molecule has 702 valence electrons. The number of amides is 3. The monoisotopic (exact) mass is 2050 g/mol. The first-order chi connectivity index (χ1) is 59.8. The number of nitrogens with one attached hydrogen (secondary N) is 3. The van der Waals surface area contributed by atoms with E-state index in [4.69, 9.17) is 49.0 Å². The molecule has 0 aliphatic carbocycles. The number of hydrogen-bond acceptors (Lipinski definition) is 18. The lowest BCUT2D eigenvalue weighted by molar-refractivity contribution is -0.140. The Morgan fingerprint density at radius 1 is 0.362 bits per heavy atom. The quantitative estimate of drug-likeness (QED) is 0.0473. The molecule has 4 heterocycles. The van der Waals surface area contributed by atoms with Crippen molar-refractivity contribution in [1.82, 2.24) is 18.5 Å². The highest BCUT2D eigenvalue weighted by atomic mass is 35.5. The van der Waals surface area contributed by atoms with Crippen molar-refractivity contribution in [1.29, 1.82) is 0 Å². The number of nitrogens with zero attached hydrogens (tertiary/aromatic N) is 5. The van der Waals surface area contributed by atoms with Gasteiger partial charge in [-0.1, -0.05) is 132 Å². The fourth-order valence-corrected chi connectivity index (χ4v) is 22.5. The molecule has 8 aromatic carbocycles. The van der Waals surface area contributed by atoms with Gasteiger partial charge in [-0.3, -0.25) is 0 Å². The molecule has 22 nitrogen and oxygen atoms in total. The Kier molecular flexibility index (Phi) is 31.9. The number of carbonyl (C=O) groups is 3. The van der Waals surface area contributed by atoms with E-state index in [0.717, 1.165) is 90.0 Å². The first-order valence-electron chi connectivity index (χ1n) is 37.0. The topological polar surface area (TPSA) is 268 Å². The zero-order valence-electron chi connectivity index (χ0n) is 69.0. The van der Waals surface area contributed by atoms with Gasteiger partial charge in [0.05, 0.1) is 63.5 Å². The van der Waals surface area contributed by atoms with Gasteiger partial charge in [-0.2, -0.15) is 90.7 Å². The van der Waals surface area contributed by atoms with Crippen molar-refractivity contribution in [2.24, 2.45) is 0 Å². The van der Waals surface area contributed by atoms with Gasteiger partial charge in [0, 0.05) is 49.1 Å². The van der Waals surface area contributed by atoms with Crippen LogP contribution in [0, 0.1) is 23.3 Å². The van der Waals surface area contributed by atoms with E-state index in [-0.39, 0.29) is 57.3 Å². The van der Waals surface area contributed by atoms with Gasteiger partial charge in [0.25, 0.3) is 0 Å². The number of benzene rings is 8. The molecule has 0 bridgehead atoms. The summed E-state index contributed by atoms with van der Waals surface area (Å²) >= 11 is 23.3. The zero-order chi connectivity index (χ0) is 97.1. The Hall–Kier alpha value is -9.88. The highest BCUT2D eigenvalue weighted by Gasteiger charge is 2.43. The first kappa shape index (κ1) is 104. The van der Waals surface area contributed by atoms with E-state index in [1.165, 1.54) is 33.9 Å². The third-order valence-corrected chi connectivity index (χ3v) is 29.6. The van der Waals surface area contributed by atoms with Crippen LogP contribution in [0.3, 0.4) is 0 Å². The molecule has 0 fully saturated rings. The number of ether oxygens (including phenoxy) is 3. The van der Waals surface area contributed by atoms with Crippen molar-refractivity contribution in [2.45, 2.75) is 130 Å². The molecule has 4 aromatic heterocycles. The number of alkyl halides is 12. The van der Waals surface area contributed by atoms with Gasteiger partial charge in [-0.25, -0.2) is 63.3 Å². The van der Waals surface area contributed by atoms with Gasteiger partial charge in [0.2, 0.25) is 0 Å². The molecule has 0 atom stereocenters. The van der Waals surface area contributed by atoms with Crippen molar-refractivity contribution in [3.63, 3.8) is 0 Å². The summed E-state index contributed by atoms with van der Waals surface area (Å²) in [6.45, 7) is 11.5. The lowest BCUT2D eigenvalue weighted by atomic mass is 10.1. The maximum absolute atomic E-state index is 13.8. The molecular weight excluding hydrogens is 1980 g/mol. The fourth-order valence-electron chi connectivity index (χ4n) is 11.5. The minimum absolute atomic E-state index is 0.0216. The summed E-state index contributed by atoms with van der Waals surface area (Å²) < 4.78 is 344. The van der Waals surface area contributed by atoms with E-state index in [1.807, 2.05) is 0 Å². The minimum atomic E-state index is -4.99. The fraction of sp³-hybridized carbons (Fsp3) is 0.272. The summed E-state index contributed by atoms with van der Waals surface area (Å²) in [4.78, 5) is 36.9. The van der Waals surface area contributed by atoms with Gasteiger partial charge < -0.3 is 14.2 Å². The number of anilines is 4. The van der Waals surface area contributed by atoms with Crippen molar-refractivity contribution in [2.75, 3.05) is 31.3 Å². The molecule has 0 aliphatic rings. The summed E-state index contributed by atoms with van der Waals surface area (Å²) in [6.07, 6.45) is -23.6. The molecule has 0 unspecified atom stereocenters. The molecule has 0 aliphatic heterocycles. The van der Waals surface area contributed by atoms with Crippen molar-refractivity contribution in [3.05, 3.63) is 259 Å². The summed E-state index contributed by atoms with van der Waals surface area (Å²) in [7, 11) is -16.0. The van der Waals surface area contributed by atoms with E-state index >= 15 is 0 Å². The Morgan fingerprint density at radius 3 is 0.938 bits per heavy atom. The van der Waals surface area contributed by atoms with E-state index in [0.29, 0.717) is 97.1 Å². The van der Waals surface area contributed by atoms with Crippen LogP contribution in [-0.4, -0.2) is 87.2 Å². The van der Waals surface area contributed by atoms with Crippen molar-refractivity contribution in [3.8, 4) is 0 Å². The standard InChI is InChI=1S/C22H21ClF4N2O4S2.C21H19ClF4N2O4S2.C21H20F4N2O4S2.C17H13ClF4N2O2S2/c1-21(2,3)33-20(30)28(4)35(31,32)29(19-18(23)14-7-5-6-8-17(14)34-19)12-13-9-10-16(24)15(11-13)22(25,26)27;1-20(2,3)32-19(29)27-34(30,31)28(18-17(22)13-6-4-5-7-16(13)33-18)11-12-8-9-15(23)14(10-12)21(24,25)26;1-20(2,3)31-19(28)26-33(29,30)27(18-11-14-6-4-5-7-17(14)32-18)12-13-8-9-16(22)15(10-13)21(23,24)25;1-23-28(25,26)24(16-15(18)11-4-2-3-5-14(11)27-16)9-10-6-7-13(19)12(8-10)17(20,21)22/h5-11H,12H2,1-4H3;4-10H,11H2,1-3H3,(H,27,29);4-11H,12H2,1-3H3,(H,26,28);2-8,23H,9H2,1H3. The summed E-state index contributed by atoms with van der Waals surface area (Å²) in [6, 6.07) is 37.7. The van der Waals surface area contributed by atoms with Gasteiger partial charge >= 0.3 is 83.8 Å². The van der Waals surface area contributed by atoms with E-state index < -0.39 is 172 Å². The lowest BCUT2D eigenvalue weighted by Gasteiger charge is -2.30. The second-order valence-electron chi connectivity index (χ2n) is 30.4. The largest absolute Gasteiger partial charge is 0.443 e. The zero-order valence-corrected chi connectivity index (χ0v) is 77.8. The Bertz CT molecular complexity index is 6670. The molecule has 0 saturated carbocycles. The number of fused-ring (bicyclic) bond motifs is 4. The number of carbonyl (C=O) groups excluding carboxylic acids is 3. The van der Waals surface area contributed by atoms with Crippen LogP contribution >= 0.6 is 80.1 Å². The Balaban J connectivity index is 0.000000196. The molecule has 0 saturated heterocycles. The van der Waals surface area contributed by atoms with Gasteiger partial charge in [0.15, 0.2) is 0 Å². The number of halogens is 19. The Labute approximate surface area is 765 Å². The van der Waals surface area contributed by atoms with Gasteiger partial charge in [-0.05, 0) is 169 Å². The third kappa shape index (κ3) is 26.3. The average Bonchev–Trinajstić information content (AvgIpc) is 1.71. The molecule has 0 radical (unpaired) electrons. The summed E-state index contributed by atoms with van der Waals surface area (Å²) in [5, 5.41) is 2.79. The number of hydrogen-bond donors (Lipinski definition) is 3.